The lowest BCUT2D eigenvalue weighted by Crippen LogP contribution is -2.32. The number of aromatic carboxylic acids is 1. The number of piperidine rings is 1. The number of carboxylic acid groups (broad SMARTS) is 1. The molecule has 1 saturated heterocycles. The van der Waals surface area contributed by atoms with E-state index in [9.17, 15) is 9.59 Å². The van der Waals surface area contributed by atoms with Crippen LogP contribution < -0.4 is 5.32 Å². The fourth-order valence-corrected chi connectivity index (χ4v) is 4.03. The van der Waals surface area contributed by atoms with Crippen LogP contribution in [-0.4, -0.2) is 40.0 Å². The Morgan fingerprint density at radius 3 is 2.56 bits per heavy atom. The lowest BCUT2D eigenvalue weighted by Gasteiger charge is -2.31. The van der Waals surface area contributed by atoms with Crippen molar-refractivity contribution >= 4 is 28.3 Å². The van der Waals surface area contributed by atoms with Crippen LogP contribution >= 0.6 is 11.3 Å². The molecule has 1 aromatic carbocycles. The lowest BCUT2D eigenvalue weighted by atomic mass is 9.89. The molecule has 1 aromatic heterocycles. The molecule has 0 atom stereocenters. The number of rotatable bonds is 5. The van der Waals surface area contributed by atoms with Crippen molar-refractivity contribution in [2.75, 3.05) is 18.4 Å². The third-order valence-electron chi connectivity index (χ3n) is 4.43. The van der Waals surface area contributed by atoms with E-state index in [1.165, 1.54) is 23.8 Å². The van der Waals surface area contributed by atoms with Crippen molar-refractivity contribution in [2.45, 2.75) is 32.2 Å². The molecule has 7 heteroatoms. The highest BCUT2D eigenvalue weighted by molar-refractivity contribution is 7.15. The van der Waals surface area contributed by atoms with Crippen molar-refractivity contribution < 1.29 is 14.7 Å². The van der Waals surface area contributed by atoms with E-state index in [2.05, 4.69) is 15.2 Å². The number of likely N-dealkylation sites (tertiary alicyclic amines) is 1. The van der Waals surface area contributed by atoms with Crippen LogP contribution in [0.2, 0.25) is 0 Å². The average molecular weight is 359 g/mol. The molecule has 132 valence electrons. The quantitative estimate of drug-likeness (QED) is 0.857. The SMILES string of the molecule is CC(=O)Nc1ncc(CN2CCC(c3ccc(C(=O)O)cc3)CC2)s1. The second-order valence-corrected chi connectivity index (χ2v) is 7.41. The third-order valence-corrected chi connectivity index (χ3v) is 5.33. The van der Waals surface area contributed by atoms with Crippen LogP contribution in [0.3, 0.4) is 0 Å². The van der Waals surface area contributed by atoms with Crippen LogP contribution in [0.5, 0.6) is 0 Å². The topological polar surface area (TPSA) is 82.5 Å². The second kappa shape index (κ2) is 7.76. The normalized spacial score (nSPS) is 15.9. The minimum Gasteiger partial charge on any atom is -0.478 e. The van der Waals surface area contributed by atoms with E-state index in [0.29, 0.717) is 16.6 Å². The number of carbonyl (C=O) groups excluding carboxylic acids is 1. The first-order chi connectivity index (χ1) is 12.0. The minimum atomic E-state index is -0.885. The Bertz CT molecular complexity index is 749. The first kappa shape index (κ1) is 17.6. The van der Waals surface area contributed by atoms with E-state index in [1.54, 1.807) is 12.1 Å². The zero-order chi connectivity index (χ0) is 17.8. The van der Waals surface area contributed by atoms with Crippen LogP contribution in [0.25, 0.3) is 0 Å². The zero-order valence-corrected chi connectivity index (χ0v) is 14.9. The molecule has 0 aliphatic carbocycles. The number of aromatic nitrogens is 1. The summed E-state index contributed by atoms with van der Waals surface area (Å²) in [6.07, 6.45) is 3.94. The number of hydrogen-bond donors (Lipinski definition) is 2. The maximum atomic E-state index is 11.1. The van der Waals surface area contributed by atoms with Gasteiger partial charge in [0.2, 0.25) is 5.91 Å². The van der Waals surface area contributed by atoms with E-state index >= 15 is 0 Å². The van der Waals surface area contributed by atoms with Crippen molar-refractivity contribution in [1.29, 1.82) is 0 Å². The van der Waals surface area contributed by atoms with Crippen molar-refractivity contribution in [3.63, 3.8) is 0 Å². The van der Waals surface area contributed by atoms with E-state index in [0.717, 1.165) is 37.4 Å². The molecule has 1 aliphatic heterocycles. The number of hydrogen-bond acceptors (Lipinski definition) is 5. The van der Waals surface area contributed by atoms with E-state index in [1.807, 2.05) is 18.3 Å². The highest BCUT2D eigenvalue weighted by Gasteiger charge is 2.21. The van der Waals surface area contributed by atoms with Gasteiger partial charge in [-0.15, -0.1) is 11.3 Å². The van der Waals surface area contributed by atoms with Gasteiger partial charge in [0.15, 0.2) is 5.13 Å². The van der Waals surface area contributed by atoms with Gasteiger partial charge in [0.05, 0.1) is 5.56 Å². The van der Waals surface area contributed by atoms with Gasteiger partial charge in [0.1, 0.15) is 0 Å². The van der Waals surface area contributed by atoms with Gasteiger partial charge in [0, 0.05) is 24.5 Å². The molecule has 0 spiro atoms. The van der Waals surface area contributed by atoms with Crippen LogP contribution in [0.1, 0.15) is 46.5 Å². The fourth-order valence-electron chi connectivity index (χ4n) is 3.13. The summed E-state index contributed by atoms with van der Waals surface area (Å²) in [4.78, 5) is 29.7. The Labute approximate surface area is 150 Å². The van der Waals surface area contributed by atoms with Gasteiger partial charge in [-0.2, -0.15) is 0 Å². The number of carboxylic acids is 1. The summed E-state index contributed by atoms with van der Waals surface area (Å²) < 4.78 is 0. The van der Waals surface area contributed by atoms with Crippen molar-refractivity contribution in [3.8, 4) is 0 Å². The maximum Gasteiger partial charge on any atom is 0.335 e. The molecule has 0 saturated carbocycles. The molecule has 1 fully saturated rings. The molecule has 1 aliphatic rings. The van der Waals surface area contributed by atoms with Gasteiger partial charge in [-0.25, -0.2) is 9.78 Å². The monoisotopic (exact) mass is 359 g/mol. The predicted octanol–water partition coefficient (Wildman–Crippen LogP) is 3.18. The largest absolute Gasteiger partial charge is 0.478 e. The summed E-state index contributed by atoms with van der Waals surface area (Å²) >= 11 is 1.52. The Kier molecular flexibility index (Phi) is 5.45. The molecular formula is C18H21N3O3S. The first-order valence-electron chi connectivity index (χ1n) is 8.29. The van der Waals surface area contributed by atoms with E-state index in [4.69, 9.17) is 5.11 Å². The lowest BCUT2D eigenvalue weighted by molar-refractivity contribution is -0.114. The van der Waals surface area contributed by atoms with Crippen LogP contribution in [0.15, 0.2) is 30.5 Å². The van der Waals surface area contributed by atoms with Crippen molar-refractivity contribution in [3.05, 3.63) is 46.5 Å². The summed E-state index contributed by atoms with van der Waals surface area (Å²) in [6, 6.07) is 7.25. The number of nitrogens with zero attached hydrogens (tertiary/aromatic N) is 2. The number of benzene rings is 1. The third kappa shape index (κ3) is 4.64. The number of amides is 1. The van der Waals surface area contributed by atoms with Gasteiger partial charge in [-0.05, 0) is 49.5 Å². The second-order valence-electron chi connectivity index (χ2n) is 6.29. The van der Waals surface area contributed by atoms with Crippen molar-refractivity contribution in [2.24, 2.45) is 0 Å². The minimum absolute atomic E-state index is 0.101. The van der Waals surface area contributed by atoms with E-state index < -0.39 is 5.97 Å². The highest BCUT2D eigenvalue weighted by Crippen LogP contribution is 2.29. The summed E-state index contributed by atoms with van der Waals surface area (Å²) in [6.45, 7) is 4.33. The molecular weight excluding hydrogens is 338 g/mol. The summed E-state index contributed by atoms with van der Waals surface area (Å²) in [5, 5.41) is 12.3. The molecule has 6 nitrogen and oxygen atoms in total. The molecule has 0 radical (unpaired) electrons. The summed E-state index contributed by atoms with van der Waals surface area (Å²) in [5.41, 5.74) is 1.55. The Hall–Kier alpha value is -2.25. The summed E-state index contributed by atoms with van der Waals surface area (Å²) in [5.74, 6) is -0.504. The Morgan fingerprint density at radius 1 is 1.28 bits per heavy atom. The zero-order valence-electron chi connectivity index (χ0n) is 14.1. The first-order valence-corrected chi connectivity index (χ1v) is 9.11. The van der Waals surface area contributed by atoms with Gasteiger partial charge >= 0.3 is 5.97 Å². The van der Waals surface area contributed by atoms with Crippen LogP contribution in [0.4, 0.5) is 5.13 Å². The van der Waals surface area contributed by atoms with Crippen LogP contribution in [-0.2, 0) is 11.3 Å². The van der Waals surface area contributed by atoms with Crippen LogP contribution in [0, 0.1) is 0 Å². The smallest absolute Gasteiger partial charge is 0.335 e. The summed E-state index contributed by atoms with van der Waals surface area (Å²) in [7, 11) is 0. The molecule has 1 amide bonds. The molecule has 2 heterocycles. The number of carbonyl (C=O) groups is 2. The Morgan fingerprint density at radius 2 is 1.96 bits per heavy atom. The average Bonchev–Trinajstić information content (AvgIpc) is 3.02. The van der Waals surface area contributed by atoms with Gasteiger partial charge in [0.25, 0.3) is 0 Å². The van der Waals surface area contributed by atoms with Gasteiger partial charge in [-0.3, -0.25) is 9.69 Å². The standard InChI is InChI=1S/C18H21N3O3S/c1-12(22)20-18-19-10-16(25-18)11-21-8-6-14(7-9-21)13-2-4-15(5-3-13)17(23)24/h2-5,10,14H,6-9,11H2,1H3,(H,23,24)(H,19,20,22). The number of nitrogens with one attached hydrogen (secondary N) is 1. The molecule has 2 N–H and O–H groups in total. The Balaban J connectivity index is 1.52. The van der Waals surface area contributed by atoms with E-state index in [-0.39, 0.29) is 5.91 Å². The molecule has 25 heavy (non-hydrogen) atoms. The fraction of sp³-hybridized carbons (Fsp3) is 0.389. The predicted molar refractivity (Wildman–Crippen MR) is 97.1 cm³/mol. The van der Waals surface area contributed by atoms with Gasteiger partial charge in [-0.1, -0.05) is 12.1 Å². The molecule has 2 aromatic rings. The van der Waals surface area contributed by atoms with Gasteiger partial charge < -0.3 is 10.4 Å². The number of anilines is 1. The number of thiazole rings is 1. The molecule has 0 unspecified atom stereocenters. The highest BCUT2D eigenvalue weighted by atomic mass is 32.1. The van der Waals surface area contributed by atoms with Crippen molar-refractivity contribution in [1.82, 2.24) is 9.88 Å². The maximum absolute atomic E-state index is 11.1. The molecule has 0 bridgehead atoms. The molecule has 3 rings (SSSR count).